The molecule has 0 aromatic heterocycles. The van der Waals surface area contributed by atoms with Gasteiger partial charge in [0.2, 0.25) is 0 Å². The highest BCUT2D eigenvalue weighted by Gasteiger charge is 2.11. The Hall–Kier alpha value is -1.38. The maximum Gasteiger partial charge on any atom is 0.330 e. The number of ether oxygens (including phenoxy) is 1. The van der Waals surface area contributed by atoms with Crippen molar-refractivity contribution in [1.29, 1.82) is 0 Å². The van der Waals surface area contributed by atoms with Crippen LogP contribution in [-0.4, -0.2) is 18.9 Å². The summed E-state index contributed by atoms with van der Waals surface area (Å²) in [7, 11) is 1.36. The lowest BCUT2D eigenvalue weighted by Crippen LogP contribution is -2.07. The second kappa shape index (κ2) is 6.17. The van der Waals surface area contributed by atoms with Crippen molar-refractivity contribution >= 4 is 11.8 Å². The monoisotopic (exact) mass is 208 g/mol. The Morgan fingerprint density at radius 2 is 2.47 bits per heavy atom. The highest BCUT2D eigenvalue weighted by molar-refractivity contribution is 5.90. The van der Waals surface area contributed by atoms with Gasteiger partial charge in [-0.15, -0.1) is 0 Å². The third kappa shape index (κ3) is 4.58. The summed E-state index contributed by atoms with van der Waals surface area (Å²) < 4.78 is 4.47. The molecule has 0 bridgehead atoms. The molecule has 0 radical (unpaired) electrons. The second-order valence-corrected chi connectivity index (χ2v) is 3.63. The van der Waals surface area contributed by atoms with Crippen molar-refractivity contribution in [1.82, 2.24) is 0 Å². The largest absolute Gasteiger partial charge is 0.466 e. The van der Waals surface area contributed by atoms with E-state index >= 15 is 0 Å². The van der Waals surface area contributed by atoms with Crippen molar-refractivity contribution in [3.8, 4) is 0 Å². The van der Waals surface area contributed by atoms with Gasteiger partial charge in [-0.25, -0.2) is 4.79 Å². The molecule has 0 aliphatic heterocycles. The molecular formula is C12H16O3. The van der Waals surface area contributed by atoms with E-state index in [0.717, 1.165) is 19.3 Å². The molecule has 0 N–H and O–H groups in total. The lowest BCUT2D eigenvalue weighted by molar-refractivity contribution is -0.134. The SMILES string of the molecule is COC(=O)/C=C/CCC1C=CC(=O)CC1. The summed E-state index contributed by atoms with van der Waals surface area (Å²) in [6.45, 7) is 0. The number of hydrogen-bond acceptors (Lipinski definition) is 3. The average molecular weight is 208 g/mol. The average Bonchev–Trinajstić information content (AvgIpc) is 2.26. The number of carbonyl (C=O) groups excluding carboxylic acids is 2. The van der Waals surface area contributed by atoms with E-state index in [1.54, 1.807) is 6.08 Å². The Labute approximate surface area is 89.8 Å². The van der Waals surface area contributed by atoms with Gasteiger partial charge < -0.3 is 4.74 Å². The normalized spacial score (nSPS) is 20.9. The van der Waals surface area contributed by atoms with Gasteiger partial charge >= 0.3 is 5.97 Å². The van der Waals surface area contributed by atoms with Crippen LogP contribution in [0, 0.1) is 5.92 Å². The number of methoxy groups -OCH3 is 1. The molecule has 3 heteroatoms. The van der Waals surface area contributed by atoms with Crippen LogP contribution in [-0.2, 0) is 14.3 Å². The zero-order valence-corrected chi connectivity index (χ0v) is 8.94. The van der Waals surface area contributed by atoms with Crippen molar-refractivity contribution in [3.63, 3.8) is 0 Å². The first-order chi connectivity index (χ1) is 7.22. The van der Waals surface area contributed by atoms with Crippen LogP contribution in [0.15, 0.2) is 24.3 Å². The van der Waals surface area contributed by atoms with E-state index in [1.807, 2.05) is 12.2 Å². The Kier molecular flexibility index (Phi) is 4.81. The molecule has 0 fully saturated rings. The minimum atomic E-state index is -0.315. The van der Waals surface area contributed by atoms with Crippen LogP contribution < -0.4 is 0 Å². The molecule has 82 valence electrons. The first-order valence-corrected chi connectivity index (χ1v) is 5.18. The number of ketones is 1. The lowest BCUT2D eigenvalue weighted by atomic mass is 9.91. The van der Waals surface area contributed by atoms with E-state index in [9.17, 15) is 9.59 Å². The van der Waals surface area contributed by atoms with E-state index in [1.165, 1.54) is 13.2 Å². The summed E-state index contributed by atoms with van der Waals surface area (Å²) in [5.74, 6) is 0.380. The molecule has 0 aromatic rings. The second-order valence-electron chi connectivity index (χ2n) is 3.63. The van der Waals surface area contributed by atoms with Gasteiger partial charge in [0.15, 0.2) is 5.78 Å². The molecule has 1 aliphatic rings. The van der Waals surface area contributed by atoms with Gasteiger partial charge in [-0.3, -0.25) is 4.79 Å². The Bertz CT molecular complexity index is 289. The summed E-state index contributed by atoms with van der Waals surface area (Å²) in [5.41, 5.74) is 0. The van der Waals surface area contributed by atoms with Crippen LogP contribution in [0.1, 0.15) is 25.7 Å². The Morgan fingerprint density at radius 1 is 1.67 bits per heavy atom. The molecule has 0 saturated heterocycles. The van der Waals surface area contributed by atoms with E-state index in [0.29, 0.717) is 12.3 Å². The molecule has 0 heterocycles. The van der Waals surface area contributed by atoms with Crippen LogP contribution in [0.2, 0.25) is 0 Å². The molecular weight excluding hydrogens is 192 g/mol. The van der Waals surface area contributed by atoms with Crippen LogP contribution in [0.5, 0.6) is 0 Å². The first kappa shape index (κ1) is 11.7. The van der Waals surface area contributed by atoms with Crippen LogP contribution in [0.25, 0.3) is 0 Å². The van der Waals surface area contributed by atoms with Gasteiger partial charge in [-0.05, 0) is 31.3 Å². The van der Waals surface area contributed by atoms with Gasteiger partial charge in [-0.2, -0.15) is 0 Å². The van der Waals surface area contributed by atoms with Crippen molar-refractivity contribution < 1.29 is 14.3 Å². The lowest BCUT2D eigenvalue weighted by Gasteiger charge is -2.13. The van der Waals surface area contributed by atoms with Gasteiger partial charge in [-0.1, -0.05) is 12.2 Å². The molecule has 1 atom stereocenters. The van der Waals surface area contributed by atoms with Crippen molar-refractivity contribution in [2.24, 2.45) is 5.92 Å². The third-order valence-electron chi connectivity index (χ3n) is 2.48. The first-order valence-electron chi connectivity index (χ1n) is 5.18. The minimum Gasteiger partial charge on any atom is -0.466 e. The van der Waals surface area contributed by atoms with E-state index < -0.39 is 0 Å². The van der Waals surface area contributed by atoms with E-state index in [2.05, 4.69) is 4.74 Å². The minimum absolute atomic E-state index is 0.219. The van der Waals surface area contributed by atoms with Crippen LogP contribution in [0.4, 0.5) is 0 Å². The summed E-state index contributed by atoms with van der Waals surface area (Å²) >= 11 is 0. The Balaban J connectivity index is 2.21. The molecule has 0 saturated carbocycles. The van der Waals surface area contributed by atoms with E-state index in [-0.39, 0.29) is 11.8 Å². The summed E-state index contributed by atoms with van der Waals surface area (Å²) in [6, 6.07) is 0. The van der Waals surface area contributed by atoms with Gasteiger partial charge in [0.25, 0.3) is 0 Å². The van der Waals surface area contributed by atoms with Gasteiger partial charge in [0.05, 0.1) is 7.11 Å². The maximum absolute atomic E-state index is 10.9. The fourth-order valence-corrected chi connectivity index (χ4v) is 1.55. The summed E-state index contributed by atoms with van der Waals surface area (Å²) in [6.07, 6.45) is 10.3. The summed E-state index contributed by atoms with van der Waals surface area (Å²) in [5, 5.41) is 0. The summed E-state index contributed by atoms with van der Waals surface area (Å²) in [4.78, 5) is 21.6. The van der Waals surface area contributed by atoms with Crippen LogP contribution in [0.3, 0.4) is 0 Å². The zero-order valence-electron chi connectivity index (χ0n) is 8.94. The predicted molar refractivity (Wildman–Crippen MR) is 57.3 cm³/mol. The molecule has 1 unspecified atom stereocenters. The smallest absolute Gasteiger partial charge is 0.330 e. The molecule has 3 nitrogen and oxygen atoms in total. The highest BCUT2D eigenvalue weighted by atomic mass is 16.5. The standard InChI is InChI=1S/C12H16O3/c1-15-12(14)5-3-2-4-10-6-8-11(13)9-7-10/h3,5-6,8,10H,2,4,7,9H2,1H3/b5-3+. The molecule has 0 amide bonds. The maximum atomic E-state index is 10.9. The molecule has 1 rings (SSSR count). The Morgan fingerprint density at radius 3 is 3.07 bits per heavy atom. The fourth-order valence-electron chi connectivity index (χ4n) is 1.55. The highest BCUT2D eigenvalue weighted by Crippen LogP contribution is 2.19. The number of esters is 1. The van der Waals surface area contributed by atoms with Gasteiger partial charge in [0, 0.05) is 12.5 Å². The molecule has 15 heavy (non-hydrogen) atoms. The quantitative estimate of drug-likeness (QED) is 0.524. The van der Waals surface area contributed by atoms with Crippen LogP contribution >= 0.6 is 0 Å². The topological polar surface area (TPSA) is 43.4 Å². The predicted octanol–water partition coefficient (Wildman–Crippen LogP) is 2.03. The van der Waals surface area contributed by atoms with Crippen molar-refractivity contribution in [2.45, 2.75) is 25.7 Å². The van der Waals surface area contributed by atoms with Crippen molar-refractivity contribution in [2.75, 3.05) is 7.11 Å². The number of hydrogen-bond donors (Lipinski definition) is 0. The zero-order chi connectivity index (χ0) is 11.1. The molecule has 0 spiro atoms. The third-order valence-corrected chi connectivity index (χ3v) is 2.48. The number of allylic oxidation sites excluding steroid dienone is 3. The fraction of sp³-hybridized carbons (Fsp3) is 0.500. The number of carbonyl (C=O) groups is 2. The molecule has 1 aliphatic carbocycles. The van der Waals surface area contributed by atoms with Gasteiger partial charge in [0.1, 0.15) is 0 Å². The number of rotatable bonds is 4. The molecule has 0 aromatic carbocycles. The van der Waals surface area contributed by atoms with E-state index in [4.69, 9.17) is 0 Å². The van der Waals surface area contributed by atoms with Crippen molar-refractivity contribution in [3.05, 3.63) is 24.3 Å².